The molecule has 3 nitrogen and oxygen atoms in total. The van der Waals surface area contributed by atoms with Crippen LogP contribution in [-0.2, 0) is 11.3 Å². The van der Waals surface area contributed by atoms with Crippen LogP contribution < -0.4 is 10.5 Å². The van der Waals surface area contributed by atoms with Crippen LogP contribution in [0.5, 0.6) is 5.75 Å². The molecule has 0 aliphatic heterocycles. The smallest absolute Gasteiger partial charge is 0.189 e. The van der Waals surface area contributed by atoms with Crippen LogP contribution in [0, 0.1) is 0 Å². The van der Waals surface area contributed by atoms with Gasteiger partial charge in [-0.1, -0.05) is 46.3 Å². The first-order valence-corrected chi connectivity index (χ1v) is 7.25. The third-order valence-electron chi connectivity index (χ3n) is 2.87. The lowest BCUT2D eigenvalue weighted by molar-refractivity contribution is 0.00440. The Balaban J connectivity index is 1.88. The van der Waals surface area contributed by atoms with E-state index in [1.807, 2.05) is 55.5 Å². The number of hydrogen-bond acceptors (Lipinski definition) is 3. The number of rotatable bonds is 6. The SMILES string of the molecule is C[C@H](N)c1cc(Br)ccc1OCOCc1ccccc1. The van der Waals surface area contributed by atoms with Crippen molar-refractivity contribution in [1.29, 1.82) is 0 Å². The minimum atomic E-state index is -0.0865. The fourth-order valence-electron chi connectivity index (χ4n) is 1.85. The van der Waals surface area contributed by atoms with Crippen molar-refractivity contribution >= 4 is 15.9 Å². The molecule has 20 heavy (non-hydrogen) atoms. The summed E-state index contributed by atoms with van der Waals surface area (Å²) in [6.45, 7) is 2.67. The van der Waals surface area contributed by atoms with E-state index in [1.165, 1.54) is 0 Å². The van der Waals surface area contributed by atoms with Gasteiger partial charge in [-0.25, -0.2) is 0 Å². The summed E-state index contributed by atoms with van der Waals surface area (Å²) < 4.78 is 12.2. The zero-order chi connectivity index (χ0) is 14.4. The highest BCUT2D eigenvalue weighted by molar-refractivity contribution is 9.10. The van der Waals surface area contributed by atoms with Crippen LogP contribution in [0.25, 0.3) is 0 Å². The summed E-state index contributed by atoms with van der Waals surface area (Å²) in [4.78, 5) is 0. The zero-order valence-electron chi connectivity index (χ0n) is 11.4. The second-order valence-corrected chi connectivity index (χ2v) is 5.48. The van der Waals surface area contributed by atoms with Crippen molar-refractivity contribution in [2.75, 3.05) is 6.79 Å². The van der Waals surface area contributed by atoms with Gasteiger partial charge in [0.2, 0.25) is 0 Å². The van der Waals surface area contributed by atoms with Crippen molar-refractivity contribution in [1.82, 2.24) is 0 Å². The molecule has 0 aliphatic rings. The lowest BCUT2D eigenvalue weighted by Gasteiger charge is -2.14. The van der Waals surface area contributed by atoms with Crippen LogP contribution in [0.4, 0.5) is 0 Å². The van der Waals surface area contributed by atoms with Gasteiger partial charge >= 0.3 is 0 Å². The van der Waals surface area contributed by atoms with Crippen LogP contribution in [0.1, 0.15) is 24.1 Å². The van der Waals surface area contributed by atoms with Gasteiger partial charge in [0.25, 0.3) is 0 Å². The average molecular weight is 336 g/mol. The van der Waals surface area contributed by atoms with Crippen LogP contribution in [0.2, 0.25) is 0 Å². The Morgan fingerprint density at radius 2 is 1.90 bits per heavy atom. The highest BCUT2D eigenvalue weighted by atomic mass is 79.9. The fourth-order valence-corrected chi connectivity index (χ4v) is 2.22. The second kappa shape index (κ2) is 7.43. The molecule has 1 atom stereocenters. The van der Waals surface area contributed by atoms with Crippen molar-refractivity contribution in [3.63, 3.8) is 0 Å². The van der Waals surface area contributed by atoms with Crippen LogP contribution in [0.3, 0.4) is 0 Å². The molecule has 0 aromatic heterocycles. The molecule has 2 rings (SSSR count). The molecule has 0 saturated heterocycles. The number of halogens is 1. The maximum atomic E-state index is 5.94. The minimum Gasteiger partial charge on any atom is -0.467 e. The lowest BCUT2D eigenvalue weighted by Crippen LogP contribution is -2.10. The molecule has 0 bridgehead atoms. The van der Waals surface area contributed by atoms with Gasteiger partial charge in [-0.05, 0) is 30.7 Å². The highest BCUT2D eigenvalue weighted by Gasteiger charge is 2.08. The van der Waals surface area contributed by atoms with E-state index in [4.69, 9.17) is 15.2 Å². The van der Waals surface area contributed by atoms with Gasteiger partial charge < -0.3 is 15.2 Å². The first-order valence-electron chi connectivity index (χ1n) is 6.46. The molecular weight excluding hydrogens is 318 g/mol. The molecule has 0 fully saturated rings. The standard InChI is InChI=1S/C16H18BrNO2/c1-12(18)15-9-14(17)7-8-16(15)20-11-19-10-13-5-3-2-4-6-13/h2-9,12H,10-11,18H2,1H3/t12-/m0/s1. The van der Waals surface area contributed by atoms with Crippen molar-refractivity contribution < 1.29 is 9.47 Å². The number of ether oxygens (including phenoxy) is 2. The zero-order valence-corrected chi connectivity index (χ0v) is 13.0. The number of hydrogen-bond donors (Lipinski definition) is 1. The molecule has 2 N–H and O–H groups in total. The van der Waals surface area contributed by atoms with Crippen molar-refractivity contribution in [3.05, 3.63) is 64.1 Å². The normalized spacial score (nSPS) is 12.2. The Kier molecular flexibility index (Phi) is 5.59. The second-order valence-electron chi connectivity index (χ2n) is 4.57. The maximum Gasteiger partial charge on any atom is 0.189 e. The lowest BCUT2D eigenvalue weighted by atomic mass is 10.1. The van der Waals surface area contributed by atoms with Gasteiger partial charge in [-0.2, -0.15) is 0 Å². The molecular formula is C16H18BrNO2. The molecule has 2 aromatic rings. The van der Waals surface area contributed by atoms with Gasteiger partial charge in [-0.3, -0.25) is 0 Å². The molecule has 0 amide bonds. The van der Waals surface area contributed by atoms with Crippen LogP contribution >= 0.6 is 15.9 Å². The summed E-state index contributed by atoms with van der Waals surface area (Å²) in [5, 5.41) is 0. The average Bonchev–Trinajstić information content (AvgIpc) is 2.45. The largest absolute Gasteiger partial charge is 0.467 e. The summed E-state index contributed by atoms with van der Waals surface area (Å²) in [5.41, 5.74) is 8.02. The van der Waals surface area contributed by atoms with E-state index < -0.39 is 0 Å². The van der Waals surface area contributed by atoms with Crippen molar-refractivity contribution in [3.8, 4) is 5.75 Å². The molecule has 0 spiro atoms. The summed E-state index contributed by atoms with van der Waals surface area (Å²) in [6.07, 6.45) is 0. The van der Waals surface area contributed by atoms with Gasteiger partial charge in [0.1, 0.15) is 5.75 Å². The number of benzene rings is 2. The van der Waals surface area contributed by atoms with E-state index >= 15 is 0 Å². The molecule has 0 radical (unpaired) electrons. The monoisotopic (exact) mass is 335 g/mol. The quantitative estimate of drug-likeness (QED) is 0.640. The van der Waals surface area contributed by atoms with E-state index in [0.717, 1.165) is 21.3 Å². The van der Waals surface area contributed by atoms with E-state index in [1.54, 1.807) is 0 Å². The van der Waals surface area contributed by atoms with Gasteiger partial charge in [0, 0.05) is 16.1 Å². The summed E-state index contributed by atoms with van der Waals surface area (Å²) >= 11 is 3.43. The van der Waals surface area contributed by atoms with Crippen LogP contribution in [-0.4, -0.2) is 6.79 Å². The molecule has 106 valence electrons. The Hall–Kier alpha value is -1.36. The van der Waals surface area contributed by atoms with Crippen molar-refractivity contribution in [2.24, 2.45) is 5.73 Å². The van der Waals surface area contributed by atoms with E-state index in [9.17, 15) is 0 Å². The molecule has 0 aliphatic carbocycles. The molecule has 0 saturated carbocycles. The fraction of sp³-hybridized carbons (Fsp3) is 0.250. The van der Waals surface area contributed by atoms with Crippen LogP contribution in [0.15, 0.2) is 53.0 Å². The van der Waals surface area contributed by atoms with Gasteiger partial charge in [0.15, 0.2) is 6.79 Å². The third kappa shape index (κ3) is 4.34. The van der Waals surface area contributed by atoms with E-state index in [2.05, 4.69) is 15.9 Å². The van der Waals surface area contributed by atoms with Gasteiger partial charge in [-0.15, -0.1) is 0 Å². The topological polar surface area (TPSA) is 44.5 Å². The molecule has 0 unspecified atom stereocenters. The summed E-state index contributed by atoms with van der Waals surface area (Å²) in [5.74, 6) is 0.760. The Morgan fingerprint density at radius 3 is 2.60 bits per heavy atom. The molecule has 2 aromatic carbocycles. The minimum absolute atomic E-state index is 0.0865. The van der Waals surface area contributed by atoms with Crippen molar-refractivity contribution in [2.45, 2.75) is 19.6 Å². The van der Waals surface area contributed by atoms with E-state index in [0.29, 0.717) is 6.61 Å². The first-order chi connectivity index (χ1) is 9.66. The predicted molar refractivity (Wildman–Crippen MR) is 83.5 cm³/mol. The number of nitrogens with two attached hydrogens (primary N) is 1. The predicted octanol–water partition coefficient (Wildman–Crippen LogP) is 4.02. The molecule has 0 heterocycles. The Morgan fingerprint density at radius 1 is 1.15 bits per heavy atom. The summed E-state index contributed by atoms with van der Waals surface area (Å²) in [7, 11) is 0. The van der Waals surface area contributed by atoms with Gasteiger partial charge in [0.05, 0.1) is 6.61 Å². The maximum absolute atomic E-state index is 5.94. The first kappa shape index (κ1) is 15.0. The third-order valence-corrected chi connectivity index (χ3v) is 3.36. The highest BCUT2D eigenvalue weighted by Crippen LogP contribution is 2.27. The summed E-state index contributed by atoms with van der Waals surface area (Å²) in [6, 6.07) is 15.7. The molecule has 4 heteroatoms. The van der Waals surface area contributed by atoms with E-state index in [-0.39, 0.29) is 12.8 Å². The Labute approximate surface area is 127 Å². The Bertz CT molecular complexity index is 543.